The average Bonchev–Trinajstić information content (AvgIpc) is 3.05. The van der Waals surface area contributed by atoms with Gasteiger partial charge in [-0.15, -0.1) is 0 Å². The minimum Gasteiger partial charge on any atom is -0.0620 e. The smallest absolute Gasteiger partial charge is 0.00130 e. The lowest BCUT2D eigenvalue weighted by Gasteiger charge is -2.09. The van der Waals surface area contributed by atoms with E-state index in [0.29, 0.717) is 0 Å². The van der Waals surface area contributed by atoms with Gasteiger partial charge >= 0.3 is 0 Å². The van der Waals surface area contributed by atoms with Gasteiger partial charge in [0.1, 0.15) is 0 Å². The van der Waals surface area contributed by atoms with E-state index < -0.39 is 0 Å². The lowest BCUT2D eigenvalue weighted by molar-refractivity contribution is 1.26. The molecule has 4 aromatic carbocycles. The molecule has 5 rings (SSSR count). The average molecular weight is 346 g/mol. The van der Waals surface area contributed by atoms with E-state index in [4.69, 9.17) is 0 Å². The van der Waals surface area contributed by atoms with Crippen molar-refractivity contribution in [2.75, 3.05) is 0 Å². The second-order valence-corrected chi connectivity index (χ2v) is 7.55. The molecule has 0 atom stereocenters. The highest BCUT2D eigenvalue weighted by Crippen LogP contribution is 2.41. The fourth-order valence-corrected chi connectivity index (χ4v) is 4.34. The first-order valence-corrected chi connectivity index (χ1v) is 9.59. The van der Waals surface area contributed by atoms with Crippen LogP contribution in [0.4, 0.5) is 0 Å². The summed E-state index contributed by atoms with van der Waals surface area (Å²) in [5, 5.41) is 0. The van der Waals surface area contributed by atoms with Crippen LogP contribution < -0.4 is 0 Å². The first kappa shape index (κ1) is 16.1. The number of rotatable bonds is 2. The molecule has 0 saturated heterocycles. The number of aryl methyl sites for hydroxylation is 2. The van der Waals surface area contributed by atoms with Crippen molar-refractivity contribution in [3.05, 3.63) is 107 Å². The van der Waals surface area contributed by atoms with Crippen molar-refractivity contribution < 1.29 is 0 Å². The van der Waals surface area contributed by atoms with Crippen molar-refractivity contribution in [2.24, 2.45) is 0 Å². The molecule has 0 nitrogen and oxygen atoms in total. The predicted molar refractivity (Wildman–Crippen MR) is 115 cm³/mol. The van der Waals surface area contributed by atoms with E-state index in [1.54, 1.807) is 0 Å². The maximum atomic E-state index is 2.38. The first-order valence-electron chi connectivity index (χ1n) is 9.59. The van der Waals surface area contributed by atoms with Gasteiger partial charge in [-0.3, -0.25) is 0 Å². The molecule has 0 unspecified atom stereocenters. The molecule has 1 aliphatic rings. The largest absolute Gasteiger partial charge is 0.0620 e. The Hall–Kier alpha value is -3.12. The molecule has 1 aliphatic carbocycles. The van der Waals surface area contributed by atoms with Crippen LogP contribution >= 0.6 is 0 Å². The highest BCUT2D eigenvalue weighted by molar-refractivity contribution is 5.83. The maximum Gasteiger partial charge on any atom is -0.00130 e. The van der Waals surface area contributed by atoms with Crippen LogP contribution in [0, 0.1) is 13.8 Å². The molecule has 130 valence electrons. The maximum absolute atomic E-state index is 2.38. The Bertz CT molecular complexity index is 1070. The Morgan fingerprint density at radius 2 is 0.926 bits per heavy atom. The van der Waals surface area contributed by atoms with Crippen LogP contribution in [0.5, 0.6) is 0 Å². The zero-order valence-electron chi connectivity index (χ0n) is 15.8. The Morgan fingerprint density at radius 3 is 1.37 bits per heavy atom. The van der Waals surface area contributed by atoms with E-state index in [1.165, 1.54) is 55.6 Å². The molecule has 0 fully saturated rings. The highest BCUT2D eigenvalue weighted by Gasteiger charge is 2.20. The molecule has 0 bridgehead atoms. The van der Waals surface area contributed by atoms with Crippen molar-refractivity contribution in [3.63, 3.8) is 0 Å². The fourth-order valence-electron chi connectivity index (χ4n) is 4.34. The standard InChI is InChI=1S/C27H22/c1-18-7-3-5-9-24(18)20-11-13-26-22(15-20)17-23-16-21(12-14-27(23)26)25-10-6-4-8-19(25)2/h3-16H,17H2,1-2H3. The molecule has 0 aromatic heterocycles. The summed E-state index contributed by atoms with van der Waals surface area (Å²) in [6.45, 7) is 4.37. The van der Waals surface area contributed by atoms with Crippen LogP contribution in [0.1, 0.15) is 22.3 Å². The van der Waals surface area contributed by atoms with Gasteiger partial charge in [0.05, 0.1) is 0 Å². The number of hydrogen-bond donors (Lipinski definition) is 0. The molecule has 0 aliphatic heterocycles. The van der Waals surface area contributed by atoms with Gasteiger partial charge in [0, 0.05) is 0 Å². The minimum absolute atomic E-state index is 1.02. The minimum atomic E-state index is 1.02. The summed E-state index contributed by atoms with van der Waals surface area (Å²) in [6, 6.07) is 31.2. The van der Waals surface area contributed by atoms with E-state index in [2.05, 4.69) is 98.8 Å². The van der Waals surface area contributed by atoms with Crippen molar-refractivity contribution in [3.8, 4) is 33.4 Å². The van der Waals surface area contributed by atoms with Crippen LogP contribution in [-0.4, -0.2) is 0 Å². The summed E-state index contributed by atoms with van der Waals surface area (Å²) >= 11 is 0. The zero-order chi connectivity index (χ0) is 18.4. The quantitative estimate of drug-likeness (QED) is 0.317. The van der Waals surface area contributed by atoms with E-state index in [1.807, 2.05) is 0 Å². The number of fused-ring (bicyclic) bond motifs is 3. The van der Waals surface area contributed by atoms with Gasteiger partial charge in [-0.2, -0.15) is 0 Å². The topological polar surface area (TPSA) is 0 Å². The molecule has 0 amide bonds. The molecule has 0 heteroatoms. The number of hydrogen-bond acceptors (Lipinski definition) is 0. The van der Waals surface area contributed by atoms with Crippen molar-refractivity contribution in [1.29, 1.82) is 0 Å². The van der Waals surface area contributed by atoms with Crippen molar-refractivity contribution in [2.45, 2.75) is 20.3 Å². The van der Waals surface area contributed by atoms with Crippen LogP contribution in [0.2, 0.25) is 0 Å². The third kappa shape index (κ3) is 2.69. The normalized spacial score (nSPS) is 11.9. The van der Waals surface area contributed by atoms with Crippen LogP contribution in [0.15, 0.2) is 84.9 Å². The molecule has 27 heavy (non-hydrogen) atoms. The summed E-state index contributed by atoms with van der Waals surface area (Å²) in [7, 11) is 0. The summed E-state index contributed by atoms with van der Waals surface area (Å²) in [6.07, 6.45) is 1.02. The van der Waals surface area contributed by atoms with Gasteiger partial charge in [-0.1, -0.05) is 84.9 Å². The van der Waals surface area contributed by atoms with Crippen LogP contribution in [0.3, 0.4) is 0 Å². The summed E-state index contributed by atoms with van der Waals surface area (Å²) < 4.78 is 0. The van der Waals surface area contributed by atoms with Crippen molar-refractivity contribution >= 4 is 0 Å². The van der Waals surface area contributed by atoms with Gasteiger partial charge in [0.25, 0.3) is 0 Å². The van der Waals surface area contributed by atoms with Gasteiger partial charge in [0.15, 0.2) is 0 Å². The molecule has 0 radical (unpaired) electrons. The van der Waals surface area contributed by atoms with E-state index >= 15 is 0 Å². The fraction of sp³-hybridized carbons (Fsp3) is 0.111. The van der Waals surface area contributed by atoms with Gasteiger partial charge in [-0.25, -0.2) is 0 Å². The Morgan fingerprint density at radius 1 is 0.481 bits per heavy atom. The third-order valence-electron chi connectivity index (χ3n) is 5.79. The van der Waals surface area contributed by atoms with E-state index in [-0.39, 0.29) is 0 Å². The monoisotopic (exact) mass is 346 g/mol. The molecular weight excluding hydrogens is 324 g/mol. The third-order valence-corrected chi connectivity index (χ3v) is 5.79. The highest BCUT2D eigenvalue weighted by atomic mass is 14.2. The van der Waals surface area contributed by atoms with E-state index in [0.717, 1.165) is 6.42 Å². The lowest BCUT2D eigenvalue weighted by Crippen LogP contribution is -1.86. The van der Waals surface area contributed by atoms with Gasteiger partial charge in [0.2, 0.25) is 0 Å². The predicted octanol–water partition coefficient (Wildman–Crippen LogP) is 7.21. The van der Waals surface area contributed by atoms with E-state index in [9.17, 15) is 0 Å². The molecule has 0 spiro atoms. The SMILES string of the molecule is Cc1ccccc1-c1ccc2c(c1)Cc1cc(-c3ccccc3C)ccc1-2. The molecule has 0 N–H and O–H groups in total. The Labute approximate surface area is 161 Å². The molecule has 4 aromatic rings. The second-order valence-electron chi connectivity index (χ2n) is 7.55. The molecule has 0 saturated carbocycles. The van der Waals surface area contributed by atoms with Gasteiger partial charge < -0.3 is 0 Å². The zero-order valence-corrected chi connectivity index (χ0v) is 15.8. The van der Waals surface area contributed by atoms with Gasteiger partial charge in [-0.05, 0) is 75.9 Å². The molecular formula is C27H22. The summed E-state index contributed by atoms with van der Waals surface area (Å²) in [5.41, 5.74) is 13.6. The van der Waals surface area contributed by atoms with Crippen LogP contribution in [-0.2, 0) is 6.42 Å². The Balaban J connectivity index is 1.56. The summed E-state index contributed by atoms with van der Waals surface area (Å²) in [5.74, 6) is 0. The van der Waals surface area contributed by atoms with Crippen LogP contribution in [0.25, 0.3) is 33.4 Å². The Kier molecular flexibility index (Phi) is 3.72. The number of benzene rings is 4. The summed E-state index contributed by atoms with van der Waals surface area (Å²) in [4.78, 5) is 0. The lowest BCUT2D eigenvalue weighted by atomic mass is 9.95. The molecule has 0 heterocycles. The van der Waals surface area contributed by atoms with Crippen molar-refractivity contribution in [1.82, 2.24) is 0 Å². The second kappa shape index (κ2) is 6.25. The first-order chi connectivity index (χ1) is 13.2.